The molecule has 0 aromatic heterocycles. The minimum Gasteiger partial charge on any atom is -0.493 e. The van der Waals surface area contributed by atoms with Crippen molar-refractivity contribution in [3.05, 3.63) is 23.8 Å². The first-order chi connectivity index (χ1) is 18.4. The summed E-state index contributed by atoms with van der Waals surface area (Å²) in [6.45, 7) is 4.01. The summed E-state index contributed by atoms with van der Waals surface area (Å²) in [6, 6.07) is 2.89. The van der Waals surface area contributed by atoms with Crippen molar-refractivity contribution in [2.45, 2.75) is 58.4 Å². The quantitative estimate of drug-likeness (QED) is 0.235. The summed E-state index contributed by atoms with van der Waals surface area (Å²) >= 11 is 0. The van der Waals surface area contributed by atoms with E-state index in [2.05, 4.69) is 0 Å². The molecule has 5 atom stereocenters. The van der Waals surface area contributed by atoms with Crippen molar-refractivity contribution < 1.29 is 67.0 Å². The van der Waals surface area contributed by atoms with Crippen LogP contribution in [-0.4, -0.2) is 86.5 Å². The molecule has 1 fully saturated rings. The van der Waals surface area contributed by atoms with Crippen molar-refractivity contribution in [3.8, 4) is 17.2 Å². The van der Waals surface area contributed by atoms with E-state index in [-0.39, 0.29) is 17.2 Å². The highest BCUT2D eigenvalue weighted by atomic mass is 16.7. The Hall–Kier alpha value is -4.33. The average Bonchev–Trinajstić information content (AvgIpc) is 2.84. The van der Waals surface area contributed by atoms with E-state index < -0.39 is 67.2 Å². The predicted molar refractivity (Wildman–Crippen MR) is 129 cm³/mol. The van der Waals surface area contributed by atoms with Gasteiger partial charge in [0.1, 0.15) is 12.7 Å². The third-order valence-corrected chi connectivity index (χ3v) is 5.08. The molecular formula is C25H30O14. The van der Waals surface area contributed by atoms with Gasteiger partial charge in [0.05, 0.1) is 14.2 Å². The van der Waals surface area contributed by atoms with Crippen molar-refractivity contribution in [1.82, 2.24) is 0 Å². The number of hydrogen-bond acceptors (Lipinski definition) is 13. The summed E-state index contributed by atoms with van der Waals surface area (Å²) in [6.07, 6.45) is -4.83. The van der Waals surface area contributed by atoms with Crippen LogP contribution in [0.3, 0.4) is 0 Å². The van der Waals surface area contributed by atoms with E-state index in [0.717, 1.165) is 33.8 Å². The summed E-state index contributed by atoms with van der Waals surface area (Å²) in [5.41, 5.74) is 0.389. The number of esters is 4. The lowest BCUT2D eigenvalue weighted by Gasteiger charge is -2.44. The van der Waals surface area contributed by atoms with E-state index in [0.29, 0.717) is 5.56 Å². The molecule has 0 amide bonds. The van der Waals surface area contributed by atoms with Gasteiger partial charge in [-0.05, 0) is 23.8 Å². The topological polar surface area (TPSA) is 179 Å². The third-order valence-electron chi connectivity index (χ3n) is 5.08. The van der Waals surface area contributed by atoms with Gasteiger partial charge in [-0.2, -0.15) is 0 Å². The Morgan fingerprint density at radius 1 is 0.821 bits per heavy atom. The van der Waals surface area contributed by atoms with Crippen LogP contribution < -0.4 is 14.2 Å². The summed E-state index contributed by atoms with van der Waals surface area (Å²) in [5.74, 6) is -4.12. The molecule has 214 valence electrons. The minimum atomic E-state index is -1.53. The molecule has 14 nitrogen and oxygen atoms in total. The second-order valence-corrected chi connectivity index (χ2v) is 8.11. The molecule has 1 aliphatic rings. The van der Waals surface area contributed by atoms with Gasteiger partial charge in [-0.1, -0.05) is 0 Å². The molecule has 0 radical (unpaired) electrons. The summed E-state index contributed by atoms with van der Waals surface area (Å²) in [4.78, 5) is 58.3. The molecular weight excluding hydrogens is 524 g/mol. The van der Waals surface area contributed by atoms with Crippen LogP contribution in [0.2, 0.25) is 0 Å². The predicted octanol–water partition coefficient (Wildman–Crippen LogP) is 1.26. The Morgan fingerprint density at radius 3 is 1.79 bits per heavy atom. The molecule has 1 N–H and O–H groups in total. The molecule has 0 bridgehead atoms. The summed E-state index contributed by atoms with van der Waals surface area (Å²) in [7, 11) is 2.64. The van der Waals surface area contributed by atoms with Crippen molar-refractivity contribution >= 4 is 35.9 Å². The molecule has 0 unspecified atom stereocenters. The highest BCUT2D eigenvalue weighted by Crippen LogP contribution is 2.41. The van der Waals surface area contributed by atoms with Crippen LogP contribution in [0.15, 0.2) is 18.2 Å². The first-order valence-corrected chi connectivity index (χ1v) is 11.5. The van der Waals surface area contributed by atoms with E-state index in [9.17, 15) is 24.0 Å². The van der Waals surface area contributed by atoms with Crippen LogP contribution >= 0.6 is 0 Å². The van der Waals surface area contributed by atoms with E-state index in [1.54, 1.807) is 0 Å². The fourth-order valence-corrected chi connectivity index (χ4v) is 3.68. The van der Waals surface area contributed by atoms with E-state index >= 15 is 0 Å². The Morgan fingerprint density at radius 2 is 1.33 bits per heavy atom. The average molecular weight is 555 g/mol. The van der Waals surface area contributed by atoms with Crippen LogP contribution in [0.5, 0.6) is 17.2 Å². The van der Waals surface area contributed by atoms with Crippen LogP contribution in [0.25, 0.3) is 6.08 Å². The zero-order valence-electron chi connectivity index (χ0n) is 22.2. The fourth-order valence-electron chi connectivity index (χ4n) is 3.68. The smallest absolute Gasteiger partial charge is 0.328 e. The zero-order valence-corrected chi connectivity index (χ0v) is 22.2. The fraction of sp³-hybridized carbons (Fsp3) is 0.480. The highest BCUT2D eigenvalue weighted by Gasteiger charge is 2.53. The number of methoxy groups -OCH3 is 2. The van der Waals surface area contributed by atoms with Crippen LogP contribution in [0.4, 0.5) is 0 Å². The maximum Gasteiger partial charge on any atom is 0.328 e. The molecule has 0 aliphatic carbocycles. The Balaban J connectivity index is 2.62. The molecule has 0 saturated carbocycles. The number of carboxylic acid groups (broad SMARTS) is 1. The number of carboxylic acids is 1. The third kappa shape index (κ3) is 8.88. The molecule has 2 rings (SSSR count). The molecule has 39 heavy (non-hydrogen) atoms. The van der Waals surface area contributed by atoms with Gasteiger partial charge in [0.2, 0.25) is 18.1 Å². The van der Waals surface area contributed by atoms with Crippen LogP contribution in [0.1, 0.15) is 33.3 Å². The number of carbonyl (C=O) groups is 5. The molecule has 1 aromatic carbocycles. The second-order valence-electron chi connectivity index (χ2n) is 8.11. The van der Waals surface area contributed by atoms with Crippen molar-refractivity contribution in [2.75, 3.05) is 20.8 Å². The zero-order chi connectivity index (χ0) is 29.3. The largest absolute Gasteiger partial charge is 0.493 e. The molecule has 1 aromatic rings. The number of hydrogen-bond donors (Lipinski definition) is 1. The lowest BCUT2D eigenvalue weighted by molar-refractivity contribution is -0.288. The van der Waals surface area contributed by atoms with E-state index in [1.165, 1.54) is 32.4 Å². The van der Waals surface area contributed by atoms with Crippen LogP contribution in [-0.2, 0) is 47.7 Å². The van der Waals surface area contributed by atoms with Crippen molar-refractivity contribution in [2.24, 2.45) is 0 Å². The first kappa shape index (κ1) is 30.9. The summed E-state index contributed by atoms with van der Waals surface area (Å²) in [5, 5.41) is 8.94. The standard InChI is InChI=1S/C25H30O14/c1-12(26)34-11-19-22(35-13(2)27)23(36-14(3)28)24(37-15(4)29)25(38-19)39-21-17(32-5)9-16(7-8-20(30)31)10-18(21)33-6/h7-10,19,22-25H,11H2,1-6H3,(H,30,31)/t19-,22-,23+,24-,25+/m1/s1. The van der Waals surface area contributed by atoms with E-state index in [1.807, 2.05) is 0 Å². The first-order valence-electron chi connectivity index (χ1n) is 11.5. The Bertz CT molecular complexity index is 1080. The van der Waals surface area contributed by atoms with Gasteiger partial charge >= 0.3 is 29.8 Å². The minimum absolute atomic E-state index is 0.0478. The van der Waals surface area contributed by atoms with Gasteiger partial charge < -0.3 is 43.0 Å². The maximum absolute atomic E-state index is 12.0. The van der Waals surface area contributed by atoms with Gasteiger partial charge in [0.15, 0.2) is 23.7 Å². The Kier molecular flexibility index (Phi) is 11.1. The van der Waals surface area contributed by atoms with Crippen molar-refractivity contribution in [3.63, 3.8) is 0 Å². The van der Waals surface area contributed by atoms with Gasteiger partial charge in [0, 0.05) is 33.8 Å². The number of rotatable bonds is 11. The molecule has 1 heterocycles. The number of benzene rings is 1. The van der Waals surface area contributed by atoms with Gasteiger partial charge in [-0.25, -0.2) is 4.79 Å². The normalized spacial score (nSPS) is 22.4. The Labute approximate surface area is 223 Å². The van der Waals surface area contributed by atoms with Crippen molar-refractivity contribution in [1.29, 1.82) is 0 Å². The lowest BCUT2D eigenvalue weighted by Crippen LogP contribution is -2.63. The summed E-state index contributed by atoms with van der Waals surface area (Å²) < 4.78 is 43.9. The molecule has 1 saturated heterocycles. The SMILES string of the molecule is COc1cc(C=CC(=O)O)cc(OC)c1O[C@@H]1O[C@H](COC(C)=O)[C@@H](OC(C)=O)[C@H](OC(C)=O)[C@H]1OC(C)=O. The monoisotopic (exact) mass is 554 g/mol. The number of ether oxygens (including phenoxy) is 8. The number of aliphatic carboxylic acids is 1. The maximum atomic E-state index is 12.0. The van der Waals surface area contributed by atoms with Gasteiger partial charge in [0.25, 0.3) is 0 Å². The number of carbonyl (C=O) groups excluding carboxylic acids is 4. The van der Waals surface area contributed by atoms with E-state index in [4.69, 9.17) is 43.0 Å². The van der Waals surface area contributed by atoms with Crippen LogP contribution in [0, 0.1) is 0 Å². The molecule has 14 heteroatoms. The lowest BCUT2D eigenvalue weighted by atomic mass is 9.98. The highest BCUT2D eigenvalue weighted by molar-refractivity contribution is 5.85. The second kappa shape index (κ2) is 14.0. The van der Waals surface area contributed by atoms with Gasteiger partial charge in [-0.15, -0.1) is 0 Å². The molecule has 1 aliphatic heterocycles. The van der Waals surface area contributed by atoms with Gasteiger partial charge in [-0.3, -0.25) is 19.2 Å². The molecule has 0 spiro atoms.